The van der Waals surface area contributed by atoms with E-state index in [4.69, 9.17) is 4.74 Å². The quantitative estimate of drug-likeness (QED) is 0.843. The minimum Gasteiger partial charge on any atom is -0.387 e. The standard InChI is InChI=1S/C20H24N2O3/c23-19(15-21-20(24)14-16-4-2-1-3-5-16)17-6-8-18(9-7-17)22-10-12-25-13-11-22/h1-9,19,23H,10-15H2,(H,21,24). The Bertz CT molecular complexity index is 667. The van der Waals surface area contributed by atoms with Crippen molar-refractivity contribution >= 4 is 11.6 Å². The number of carbonyl (C=O) groups is 1. The van der Waals surface area contributed by atoms with Crippen LogP contribution in [-0.4, -0.2) is 43.9 Å². The topological polar surface area (TPSA) is 61.8 Å². The number of amides is 1. The molecule has 1 atom stereocenters. The molecule has 1 fully saturated rings. The zero-order chi connectivity index (χ0) is 17.5. The van der Waals surface area contributed by atoms with Gasteiger partial charge in [-0.25, -0.2) is 0 Å². The number of benzene rings is 2. The highest BCUT2D eigenvalue weighted by atomic mass is 16.5. The Labute approximate surface area is 148 Å². The van der Waals surface area contributed by atoms with Crippen LogP contribution in [0.15, 0.2) is 54.6 Å². The third-order valence-corrected chi connectivity index (χ3v) is 4.35. The molecule has 0 bridgehead atoms. The van der Waals surface area contributed by atoms with E-state index in [1.807, 2.05) is 54.6 Å². The summed E-state index contributed by atoms with van der Waals surface area (Å²) >= 11 is 0. The van der Waals surface area contributed by atoms with Gasteiger partial charge in [0.25, 0.3) is 0 Å². The molecule has 2 N–H and O–H groups in total. The van der Waals surface area contributed by atoms with E-state index in [0.717, 1.165) is 43.1 Å². The molecule has 0 aromatic heterocycles. The van der Waals surface area contributed by atoms with Gasteiger partial charge in [0.05, 0.1) is 25.7 Å². The molecule has 1 saturated heterocycles. The van der Waals surface area contributed by atoms with Gasteiger partial charge in [-0.2, -0.15) is 0 Å². The van der Waals surface area contributed by atoms with Crippen molar-refractivity contribution in [2.75, 3.05) is 37.7 Å². The lowest BCUT2D eigenvalue weighted by Crippen LogP contribution is -2.36. The number of morpholine rings is 1. The van der Waals surface area contributed by atoms with Crippen LogP contribution in [0.2, 0.25) is 0 Å². The van der Waals surface area contributed by atoms with E-state index in [-0.39, 0.29) is 12.5 Å². The van der Waals surface area contributed by atoms with Crippen molar-refractivity contribution in [1.82, 2.24) is 5.32 Å². The van der Waals surface area contributed by atoms with Crippen LogP contribution in [0.1, 0.15) is 17.2 Å². The number of hydrogen-bond acceptors (Lipinski definition) is 4. The molecule has 1 aliphatic heterocycles. The van der Waals surface area contributed by atoms with Gasteiger partial charge in [0.15, 0.2) is 0 Å². The van der Waals surface area contributed by atoms with Crippen molar-refractivity contribution in [3.63, 3.8) is 0 Å². The molecule has 0 spiro atoms. The molecular formula is C20H24N2O3. The van der Waals surface area contributed by atoms with E-state index in [1.165, 1.54) is 0 Å². The second-order valence-corrected chi connectivity index (χ2v) is 6.17. The van der Waals surface area contributed by atoms with E-state index in [0.29, 0.717) is 6.42 Å². The van der Waals surface area contributed by atoms with Crippen molar-refractivity contribution < 1.29 is 14.6 Å². The smallest absolute Gasteiger partial charge is 0.224 e. The Morgan fingerprint density at radius 2 is 1.76 bits per heavy atom. The van der Waals surface area contributed by atoms with Crippen LogP contribution in [0.25, 0.3) is 0 Å². The summed E-state index contributed by atoms with van der Waals surface area (Å²) < 4.78 is 5.36. The molecule has 2 aromatic carbocycles. The van der Waals surface area contributed by atoms with Crippen LogP contribution >= 0.6 is 0 Å². The van der Waals surface area contributed by atoms with Gasteiger partial charge in [-0.3, -0.25) is 4.79 Å². The number of aliphatic hydroxyl groups excluding tert-OH is 1. The molecule has 3 rings (SSSR count). The van der Waals surface area contributed by atoms with Crippen LogP contribution in [0, 0.1) is 0 Å². The van der Waals surface area contributed by atoms with Gasteiger partial charge in [0.2, 0.25) is 5.91 Å². The van der Waals surface area contributed by atoms with Crippen LogP contribution in [-0.2, 0) is 16.0 Å². The maximum Gasteiger partial charge on any atom is 0.224 e. The normalized spacial score (nSPS) is 15.6. The molecule has 1 heterocycles. The van der Waals surface area contributed by atoms with Gasteiger partial charge in [-0.15, -0.1) is 0 Å². The molecule has 0 saturated carbocycles. The Kier molecular flexibility index (Phi) is 6.04. The molecule has 5 nitrogen and oxygen atoms in total. The first-order valence-electron chi connectivity index (χ1n) is 8.64. The number of ether oxygens (including phenoxy) is 1. The summed E-state index contributed by atoms with van der Waals surface area (Å²) in [5.41, 5.74) is 2.90. The first kappa shape index (κ1) is 17.5. The van der Waals surface area contributed by atoms with Gasteiger partial charge in [0.1, 0.15) is 0 Å². The Morgan fingerprint density at radius 1 is 1.08 bits per heavy atom. The first-order valence-corrected chi connectivity index (χ1v) is 8.64. The van der Waals surface area contributed by atoms with Crippen LogP contribution in [0.3, 0.4) is 0 Å². The minimum absolute atomic E-state index is 0.0878. The van der Waals surface area contributed by atoms with E-state index in [9.17, 15) is 9.90 Å². The third-order valence-electron chi connectivity index (χ3n) is 4.35. The maximum absolute atomic E-state index is 12.0. The molecule has 5 heteroatoms. The molecule has 1 aliphatic rings. The highest BCUT2D eigenvalue weighted by Crippen LogP contribution is 2.20. The monoisotopic (exact) mass is 340 g/mol. The molecule has 0 radical (unpaired) electrons. The summed E-state index contributed by atoms with van der Waals surface area (Å²) in [6.45, 7) is 3.48. The molecular weight excluding hydrogens is 316 g/mol. The summed E-state index contributed by atoms with van der Waals surface area (Å²) in [7, 11) is 0. The highest BCUT2D eigenvalue weighted by molar-refractivity contribution is 5.78. The highest BCUT2D eigenvalue weighted by Gasteiger charge is 2.13. The van der Waals surface area contributed by atoms with Crippen LogP contribution < -0.4 is 10.2 Å². The fourth-order valence-electron chi connectivity index (χ4n) is 2.90. The second-order valence-electron chi connectivity index (χ2n) is 6.17. The zero-order valence-electron chi connectivity index (χ0n) is 14.2. The minimum atomic E-state index is -0.710. The number of anilines is 1. The first-order chi connectivity index (χ1) is 12.2. The van der Waals surface area contributed by atoms with E-state index < -0.39 is 6.10 Å². The molecule has 25 heavy (non-hydrogen) atoms. The lowest BCUT2D eigenvalue weighted by atomic mass is 10.1. The SMILES string of the molecule is O=C(Cc1ccccc1)NCC(O)c1ccc(N2CCOCC2)cc1. The largest absolute Gasteiger partial charge is 0.387 e. The maximum atomic E-state index is 12.0. The predicted molar refractivity (Wildman–Crippen MR) is 97.6 cm³/mol. The lowest BCUT2D eigenvalue weighted by molar-refractivity contribution is -0.120. The number of nitrogens with zero attached hydrogens (tertiary/aromatic N) is 1. The van der Waals surface area contributed by atoms with Crippen molar-refractivity contribution in [3.8, 4) is 0 Å². The number of carbonyl (C=O) groups excluding carboxylic acids is 1. The summed E-state index contributed by atoms with van der Waals surface area (Å²) in [4.78, 5) is 14.2. The number of hydrogen-bond donors (Lipinski definition) is 2. The van der Waals surface area contributed by atoms with Crippen molar-refractivity contribution in [2.45, 2.75) is 12.5 Å². The van der Waals surface area contributed by atoms with Gasteiger partial charge in [-0.1, -0.05) is 42.5 Å². The summed E-state index contributed by atoms with van der Waals surface area (Å²) in [6, 6.07) is 17.4. The molecule has 0 aliphatic carbocycles. The van der Waals surface area contributed by atoms with Crippen LogP contribution in [0.4, 0.5) is 5.69 Å². The van der Waals surface area contributed by atoms with Gasteiger partial charge in [-0.05, 0) is 23.3 Å². The summed E-state index contributed by atoms with van der Waals surface area (Å²) in [5.74, 6) is -0.0878. The summed E-state index contributed by atoms with van der Waals surface area (Å²) in [5, 5.41) is 13.1. The van der Waals surface area contributed by atoms with E-state index in [1.54, 1.807) is 0 Å². The van der Waals surface area contributed by atoms with E-state index >= 15 is 0 Å². The lowest BCUT2D eigenvalue weighted by Gasteiger charge is -2.29. The number of nitrogens with one attached hydrogen (secondary N) is 1. The Balaban J connectivity index is 1.49. The number of aliphatic hydroxyl groups is 1. The average Bonchev–Trinajstić information content (AvgIpc) is 2.68. The fraction of sp³-hybridized carbons (Fsp3) is 0.350. The van der Waals surface area contributed by atoms with Crippen LogP contribution in [0.5, 0.6) is 0 Å². The Morgan fingerprint density at radius 3 is 2.44 bits per heavy atom. The third kappa shape index (κ3) is 5.05. The molecule has 1 unspecified atom stereocenters. The Hall–Kier alpha value is -2.37. The number of rotatable bonds is 6. The predicted octanol–water partition coefficient (Wildman–Crippen LogP) is 1.92. The van der Waals surface area contributed by atoms with Crippen molar-refractivity contribution in [3.05, 3.63) is 65.7 Å². The van der Waals surface area contributed by atoms with Gasteiger partial charge >= 0.3 is 0 Å². The zero-order valence-corrected chi connectivity index (χ0v) is 14.2. The van der Waals surface area contributed by atoms with Gasteiger partial charge in [0, 0.05) is 25.3 Å². The van der Waals surface area contributed by atoms with Gasteiger partial charge < -0.3 is 20.1 Å². The average molecular weight is 340 g/mol. The second kappa shape index (κ2) is 8.65. The van der Waals surface area contributed by atoms with Crippen molar-refractivity contribution in [1.29, 1.82) is 0 Å². The van der Waals surface area contributed by atoms with Crippen molar-refractivity contribution in [2.24, 2.45) is 0 Å². The molecule has 132 valence electrons. The fourth-order valence-corrected chi connectivity index (χ4v) is 2.90. The molecule has 2 aromatic rings. The van der Waals surface area contributed by atoms with E-state index in [2.05, 4.69) is 10.2 Å². The molecule has 1 amide bonds. The summed E-state index contributed by atoms with van der Waals surface area (Å²) in [6.07, 6.45) is -0.387.